The van der Waals surface area contributed by atoms with Gasteiger partial charge >= 0.3 is 0 Å². The Labute approximate surface area is 214 Å². The molecule has 1 unspecified atom stereocenters. The summed E-state index contributed by atoms with van der Waals surface area (Å²) in [5.41, 5.74) is 2.63. The number of furan rings is 1. The molecular formula is C30H30FN3O3. The van der Waals surface area contributed by atoms with Crippen molar-refractivity contribution in [2.24, 2.45) is 0 Å². The first-order valence-electron chi connectivity index (χ1n) is 13.1. The quantitative estimate of drug-likeness (QED) is 0.321. The molecule has 2 aliphatic rings. The van der Waals surface area contributed by atoms with Gasteiger partial charge in [0.25, 0.3) is 11.8 Å². The number of benzene rings is 2. The van der Waals surface area contributed by atoms with Gasteiger partial charge in [-0.05, 0) is 57.2 Å². The molecule has 1 fully saturated rings. The number of para-hydroxylation sites is 1. The SMILES string of the molecule is CCC(C)NC1CCC(n2cc(C3=C(c4cccc5ccoc45)C(=O)NC3=O)c3c(F)cccc32)CC1. The van der Waals surface area contributed by atoms with Crippen molar-refractivity contribution in [3.8, 4) is 0 Å². The van der Waals surface area contributed by atoms with Crippen molar-refractivity contribution >= 4 is 44.8 Å². The smallest absolute Gasteiger partial charge is 0.259 e. The minimum atomic E-state index is -0.521. The molecule has 0 radical (unpaired) electrons. The predicted octanol–water partition coefficient (Wildman–Crippen LogP) is 5.97. The summed E-state index contributed by atoms with van der Waals surface area (Å²) in [6, 6.07) is 13.4. The topological polar surface area (TPSA) is 76.3 Å². The number of nitrogens with zero attached hydrogens (tertiary/aromatic N) is 1. The molecule has 37 heavy (non-hydrogen) atoms. The molecule has 0 spiro atoms. The van der Waals surface area contributed by atoms with Crippen LogP contribution in [0, 0.1) is 5.82 Å². The van der Waals surface area contributed by atoms with Gasteiger partial charge in [0.1, 0.15) is 11.4 Å². The molecule has 1 aliphatic carbocycles. The van der Waals surface area contributed by atoms with Crippen LogP contribution >= 0.6 is 0 Å². The van der Waals surface area contributed by atoms with Gasteiger partial charge in [-0.25, -0.2) is 4.39 Å². The van der Waals surface area contributed by atoms with Gasteiger partial charge in [0.05, 0.1) is 22.9 Å². The van der Waals surface area contributed by atoms with E-state index in [2.05, 4.69) is 29.0 Å². The van der Waals surface area contributed by atoms with Crippen LogP contribution in [-0.2, 0) is 9.59 Å². The highest BCUT2D eigenvalue weighted by Gasteiger charge is 2.36. The molecule has 6 nitrogen and oxygen atoms in total. The Morgan fingerprint density at radius 1 is 1.03 bits per heavy atom. The highest BCUT2D eigenvalue weighted by molar-refractivity contribution is 6.50. The van der Waals surface area contributed by atoms with Gasteiger partial charge in [-0.1, -0.05) is 31.2 Å². The number of halogens is 1. The second-order valence-corrected chi connectivity index (χ2v) is 10.2. The first-order valence-corrected chi connectivity index (χ1v) is 13.1. The highest BCUT2D eigenvalue weighted by Crippen LogP contribution is 2.41. The molecule has 1 aliphatic heterocycles. The van der Waals surface area contributed by atoms with Crippen LogP contribution in [0.25, 0.3) is 33.0 Å². The fraction of sp³-hybridized carbons (Fsp3) is 0.333. The van der Waals surface area contributed by atoms with Crippen LogP contribution in [0.2, 0.25) is 0 Å². The van der Waals surface area contributed by atoms with E-state index in [1.54, 1.807) is 18.4 Å². The van der Waals surface area contributed by atoms with Gasteiger partial charge in [-0.15, -0.1) is 0 Å². The normalized spacial score (nSPS) is 21.3. The Morgan fingerprint density at radius 3 is 2.51 bits per heavy atom. The predicted molar refractivity (Wildman–Crippen MR) is 142 cm³/mol. The molecule has 1 atom stereocenters. The lowest BCUT2D eigenvalue weighted by Crippen LogP contribution is -2.39. The summed E-state index contributed by atoms with van der Waals surface area (Å²) < 4.78 is 23.2. The lowest BCUT2D eigenvalue weighted by molar-refractivity contribution is -0.122. The zero-order chi connectivity index (χ0) is 25.7. The molecule has 2 amide bonds. The first-order chi connectivity index (χ1) is 18.0. The summed E-state index contributed by atoms with van der Waals surface area (Å²) in [5, 5.41) is 7.34. The van der Waals surface area contributed by atoms with Crippen molar-refractivity contribution < 1.29 is 18.4 Å². The fourth-order valence-electron chi connectivity index (χ4n) is 5.96. The molecular weight excluding hydrogens is 469 g/mol. The van der Waals surface area contributed by atoms with Crippen molar-refractivity contribution in [1.82, 2.24) is 15.2 Å². The summed E-state index contributed by atoms with van der Waals surface area (Å²) in [5.74, 6) is -1.43. The zero-order valence-electron chi connectivity index (χ0n) is 21.0. The Kier molecular flexibility index (Phi) is 5.95. The molecule has 7 heteroatoms. The average Bonchev–Trinajstić information content (AvgIpc) is 3.60. The number of carbonyl (C=O) groups excluding carboxylic acids is 2. The number of rotatable bonds is 6. The second-order valence-electron chi connectivity index (χ2n) is 10.2. The third-order valence-corrected chi connectivity index (χ3v) is 7.98. The minimum Gasteiger partial charge on any atom is -0.464 e. The van der Waals surface area contributed by atoms with E-state index in [-0.39, 0.29) is 17.2 Å². The number of imide groups is 1. The van der Waals surface area contributed by atoms with E-state index in [1.807, 2.05) is 30.5 Å². The molecule has 1 saturated carbocycles. The van der Waals surface area contributed by atoms with E-state index in [1.165, 1.54) is 6.07 Å². The third-order valence-electron chi connectivity index (χ3n) is 7.98. The Balaban J connectivity index is 1.47. The minimum absolute atomic E-state index is 0.186. The van der Waals surface area contributed by atoms with E-state index in [9.17, 15) is 9.59 Å². The zero-order valence-corrected chi connectivity index (χ0v) is 21.0. The van der Waals surface area contributed by atoms with Crippen LogP contribution in [-0.4, -0.2) is 28.5 Å². The molecule has 2 N–H and O–H groups in total. The number of amides is 2. The van der Waals surface area contributed by atoms with Crippen LogP contribution < -0.4 is 10.6 Å². The second kappa shape index (κ2) is 9.30. The van der Waals surface area contributed by atoms with Gasteiger partial charge in [0.15, 0.2) is 0 Å². The molecule has 3 heterocycles. The number of carbonyl (C=O) groups is 2. The van der Waals surface area contributed by atoms with Crippen LogP contribution in [0.3, 0.4) is 0 Å². The molecule has 2 aromatic heterocycles. The van der Waals surface area contributed by atoms with Crippen LogP contribution in [0.4, 0.5) is 4.39 Å². The summed E-state index contributed by atoms with van der Waals surface area (Å²) in [6.07, 6.45) is 8.50. The van der Waals surface area contributed by atoms with Gasteiger partial charge in [0, 0.05) is 46.2 Å². The van der Waals surface area contributed by atoms with Gasteiger partial charge < -0.3 is 14.3 Å². The lowest BCUT2D eigenvalue weighted by atomic mass is 9.90. The number of aromatic nitrogens is 1. The van der Waals surface area contributed by atoms with Crippen molar-refractivity contribution in [2.75, 3.05) is 0 Å². The standard InChI is InChI=1S/C30H30FN3O3/c1-3-17(2)32-19-10-12-20(13-11-19)34-16-22(25-23(31)8-5-9-24(25)34)27-26(29(35)33-30(27)36)21-7-4-6-18-14-15-37-28(18)21/h4-9,14-17,19-20,32H,3,10-13H2,1-2H3,(H,33,35,36). The highest BCUT2D eigenvalue weighted by atomic mass is 19.1. The van der Waals surface area contributed by atoms with Crippen LogP contribution in [0.1, 0.15) is 63.1 Å². The molecule has 0 bridgehead atoms. The molecule has 2 aromatic carbocycles. The maximum atomic E-state index is 15.4. The number of fused-ring (bicyclic) bond motifs is 2. The van der Waals surface area contributed by atoms with Gasteiger partial charge in [-0.3, -0.25) is 14.9 Å². The summed E-state index contributed by atoms with van der Waals surface area (Å²) >= 11 is 0. The Bertz CT molecular complexity index is 1550. The largest absolute Gasteiger partial charge is 0.464 e. The first kappa shape index (κ1) is 23.7. The average molecular weight is 500 g/mol. The van der Waals surface area contributed by atoms with Crippen LogP contribution in [0.5, 0.6) is 0 Å². The summed E-state index contributed by atoms with van der Waals surface area (Å²) in [6.45, 7) is 4.40. The lowest BCUT2D eigenvalue weighted by Gasteiger charge is -2.32. The summed E-state index contributed by atoms with van der Waals surface area (Å²) in [4.78, 5) is 26.3. The van der Waals surface area contributed by atoms with E-state index < -0.39 is 17.6 Å². The monoisotopic (exact) mass is 499 g/mol. The molecule has 190 valence electrons. The Morgan fingerprint density at radius 2 is 1.76 bits per heavy atom. The summed E-state index contributed by atoms with van der Waals surface area (Å²) in [7, 11) is 0. The third kappa shape index (κ3) is 3.98. The van der Waals surface area contributed by atoms with E-state index in [0.29, 0.717) is 34.2 Å². The molecule has 0 saturated heterocycles. The van der Waals surface area contributed by atoms with Crippen molar-refractivity contribution in [3.05, 3.63) is 71.9 Å². The van der Waals surface area contributed by atoms with Crippen molar-refractivity contribution in [3.63, 3.8) is 0 Å². The number of nitrogens with one attached hydrogen (secondary N) is 2. The maximum absolute atomic E-state index is 15.4. The Hall–Kier alpha value is -3.71. The fourth-order valence-corrected chi connectivity index (χ4v) is 5.96. The van der Waals surface area contributed by atoms with Crippen LogP contribution in [0.15, 0.2) is 59.3 Å². The van der Waals surface area contributed by atoms with Crippen molar-refractivity contribution in [1.29, 1.82) is 0 Å². The molecule has 4 aromatic rings. The molecule has 6 rings (SSSR count). The van der Waals surface area contributed by atoms with E-state index in [0.717, 1.165) is 43.0 Å². The van der Waals surface area contributed by atoms with Crippen molar-refractivity contribution in [2.45, 2.75) is 64.1 Å². The van der Waals surface area contributed by atoms with E-state index in [4.69, 9.17) is 4.42 Å². The van der Waals surface area contributed by atoms with E-state index >= 15 is 4.39 Å². The van der Waals surface area contributed by atoms with Gasteiger partial charge in [0.2, 0.25) is 0 Å². The number of hydrogen-bond donors (Lipinski definition) is 2. The maximum Gasteiger partial charge on any atom is 0.259 e. The van der Waals surface area contributed by atoms with Gasteiger partial charge in [-0.2, -0.15) is 0 Å². The number of hydrogen-bond acceptors (Lipinski definition) is 4.